The van der Waals surface area contributed by atoms with Gasteiger partial charge in [0.15, 0.2) is 0 Å². The lowest BCUT2D eigenvalue weighted by atomic mass is 10.2. The summed E-state index contributed by atoms with van der Waals surface area (Å²) in [5.41, 5.74) is -3.69. The summed E-state index contributed by atoms with van der Waals surface area (Å²) in [4.78, 5) is 11.5. The number of alkyl halides is 3. The molecule has 0 N–H and O–H groups in total. The highest BCUT2D eigenvalue weighted by Crippen LogP contribution is 2.29. The number of ether oxygens (including phenoxy) is 1. The molecule has 0 atom stereocenters. The molecule has 1 aromatic rings. The van der Waals surface area contributed by atoms with Crippen LogP contribution in [0.2, 0.25) is 0 Å². The fourth-order valence-corrected chi connectivity index (χ4v) is 1.77. The smallest absolute Gasteiger partial charge is 0.442 e. The normalized spacial score (nSPS) is 11.8. The molecule has 0 fully saturated rings. The number of halogens is 3. The molecule has 0 unspecified atom stereocenters. The summed E-state index contributed by atoms with van der Waals surface area (Å²) in [6.45, 7) is 0.254. The van der Waals surface area contributed by atoms with E-state index in [-0.39, 0.29) is 30.1 Å². The van der Waals surface area contributed by atoms with Crippen LogP contribution in [0.4, 0.5) is 13.2 Å². The van der Waals surface area contributed by atoms with E-state index in [1.54, 1.807) is 36.4 Å². The van der Waals surface area contributed by atoms with E-state index < -0.39 is 5.51 Å². The van der Waals surface area contributed by atoms with E-state index in [4.69, 9.17) is 4.74 Å². The lowest BCUT2D eigenvalue weighted by Crippen LogP contribution is -2.05. The maximum atomic E-state index is 11.8. The van der Waals surface area contributed by atoms with Crippen molar-refractivity contribution in [2.45, 2.75) is 18.3 Å². The van der Waals surface area contributed by atoms with Gasteiger partial charge in [0.1, 0.15) is 0 Å². The number of allylic oxidation sites excluding steroid dienone is 1. The van der Waals surface area contributed by atoms with Gasteiger partial charge in [-0.25, -0.2) is 4.79 Å². The Morgan fingerprint density at radius 1 is 1.20 bits per heavy atom. The second-order valence-corrected chi connectivity index (χ2v) is 4.96. The van der Waals surface area contributed by atoms with Gasteiger partial charge in [0.2, 0.25) is 0 Å². The Balaban J connectivity index is 2.08. The van der Waals surface area contributed by atoms with Crippen LogP contribution in [0.15, 0.2) is 42.5 Å². The van der Waals surface area contributed by atoms with Crippen LogP contribution in [-0.2, 0) is 4.74 Å². The van der Waals surface area contributed by atoms with Crippen molar-refractivity contribution >= 4 is 17.7 Å². The average molecular weight is 304 g/mol. The van der Waals surface area contributed by atoms with Gasteiger partial charge < -0.3 is 4.74 Å². The minimum absolute atomic E-state index is 0.0726. The van der Waals surface area contributed by atoms with E-state index >= 15 is 0 Å². The minimum atomic E-state index is -4.18. The van der Waals surface area contributed by atoms with Crippen molar-refractivity contribution in [1.29, 1.82) is 0 Å². The second kappa shape index (κ2) is 8.68. The zero-order valence-corrected chi connectivity index (χ0v) is 11.5. The molecule has 0 aliphatic heterocycles. The summed E-state index contributed by atoms with van der Waals surface area (Å²) >= 11 is -0.0726. The minimum Gasteiger partial charge on any atom is -0.462 e. The molecule has 0 radical (unpaired) electrons. The summed E-state index contributed by atoms with van der Waals surface area (Å²) < 4.78 is 40.5. The van der Waals surface area contributed by atoms with E-state index in [0.29, 0.717) is 18.4 Å². The summed E-state index contributed by atoms with van der Waals surface area (Å²) in [7, 11) is 0. The molecule has 0 heterocycles. The first-order valence-electron chi connectivity index (χ1n) is 6.07. The topological polar surface area (TPSA) is 26.3 Å². The fraction of sp³-hybridized carbons (Fsp3) is 0.357. The van der Waals surface area contributed by atoms with Crippen molar-refractivity contribution in [3.05, 3.63) is 48.0 Å². The molecule has 0 aliphatic carbocycles. The van der Waals surface area contributed by atoms with Crippen LogP contribution in [0.5, 0.6) is 0 Å². The fourth-order valence-electron chi connectivity index (χ4n) is 1.35. The molecule has 2 nitrogen and oxygen atoms in total. The first-order valence-corrected chi connectivity index (χ1v) is 7.05. The number of thioether (sulfide) groups is 1. The third-order valence-electron chi connectivity index (χ3n) is 2.27. The number of hydrogen-bond acceptors (Lipinski definition) is 3. The summed E-state index contributed by atoms with van der Waals surface area (Å²) in [6.07, 6.45) is 4.30. The zero-order valence-electron chi connectivity index (χ0n) is 10.7. The summed E-state index contributed by atoms with van der Waals surface area (Å²) in [5.74, 6) is -0.477. The van der Waals surface area contributed by atoms with Gasteiger partial charge in [-0.1, -0.05) is 30.4 Å². The quantitative estimate of drug-likeness (QED) is 0.423. The Labute approximate surface area is 120 Å². The van der Waals surface area contributed by atoms with Gasteiger partial charge >= 0.3 is 11.5 Å². The first-order chi connectivity index (χ1) is 9.49. The van der Waals surface area contributed by atoms with Crippen molar-refractivity contribution in [1.82, 2.24) is 0 Å². The number of carbonyl (C=O) groups is 1. The zero-order chi connectivity index (χ0) is 14.8. The molecule has 0 bridgehead atoms. The SMILES string of the molecule is O=C(OCCC/C=C\CSC(F)(F)F)c1ccccc1. The van der Waals surface area contributed by atoms with E-state index in [9.17, 15) is 18.0 Å². The number of hydrogen-bond donors (Lipinski definition) is 0. The molecule has 0 saturated heterocycles. The van der Waals surface area contributed by atoms with E-state index in [1.165, 1.54) is 6.08 Å². The van der Waals surface area contributed by atoms with Crippen molar-refractivity contribution in [3.8, 4) is 0 Å². The molecular weight excluding hydrogens is 289 g/mol. The Bertz CT molecular complexity index is 430. The van der Waals surface area contributed by atoms with E-state index in [1.807, 2.05) is 0 Å². The number of unbranched alkanes of at least 4 members (excludes halogenated alkanes) is 1. The third kappa shape index (κ3) is 7.89. The highest BCUT2D eigenvalue weighted by Gasteiger charge is 2.26. The Morgan fingerprint density at radius 2 is 1.90 bits per heavy atom. The molecule has 0 amide bonds. The maximum absolute atomic E-state index is 11.8. The van der Waals surface area contributed by atoms with Gasteiger partial charge in [-0.3, -0.25) is 0 Å². The monoisotopic (exact) mass is 304 g/mol. The lowest BCUT2D eigenvalue weighted by molar-refractivity contribution is -0.0326. The molecule has 0 saturated carbocycles. The average Bonchev–Trinajstić information content (AvgIpc) is 2.41. The highest BCUT2D eigenvalue weighted by molar-refractivity contribution is 8.00. The van der Waals surface area contributed by atoms with Crippen molar-refractivity contribution in [2.24, 2.45) is 0 Å². The summed E-state index contributed by atoms with van der Waals surface area (Å²) in [5, 5.41) is 0. The first kappa shape index (κ1) is 16.6. The van der Waals surface area contributed by atoms with Crippen LogP contribution in [0.25, 0.3) is 0 Å². The molecule has 1 aromatic carbocycles. The van der Waals surface area contributed by atoms with Crippen LogP contribution >= 0.6 is 11.8 Å². The largest absolute Gasteiger partial charge is 0.462 e. The van der Waals surface area contributed by atoms with Crippen LogP contribution in [-0.4, -0.2) is 23.8 Å². The second-order valence-electron chi connectivity index (χ2n) is 3.87. The van der Waals surface area contributed by atoms with Crippen LogP contribution in [0, 0.1) is 0 Å². The van der Waals surface area contributed by atoms with Crippen molar-refractivity contribution in [3.63, 3.8) is 0 Å². The molecule has 6 heteroatoms. The molecule has 0 aliphatic rings. The third-order valence-corrected chi connectivity index (χ3v) is 2.95. The van der Waals surface area contributed by atoms with Crippen LogP contribution in [0.1, 0.15) is 23.2 Å². The van der Waals surface area contributed by atoms with Crippen molar-refractivity contribution in [2.75, 3.05) is 12.4 Å². The predicted molar refractivity (Wildman–Crippen MR) is 73.6 cm³/mol. The molecule has 0 aromatic heterocycles. The maximum Gasteiger partial charge on any atom is 0.442 e. The van der Waals surface area contributed by atoms with Gasteiger partial charge in [-0.15, -0.1) is 0 Å². The van der Waals surface area contributed by atoms with Gasteiger partial charge in [0.05, 0.1) is 12.2 Å². The number of rotatable bonds is 7. The molecule has 110 valence electrons. The van der Waals surface area contributed by atoms with Gasteiger partial charge in [0, 0.05) is 5.75 Å². The highest BCUT2D eigenvalue weighted by atomic mass is 32.2. The number of esters is 1. The van der Waals surface area contributed by atoms with E-state index in [2.05, 4.69) is 0 Å². The molecule has 20 heavy (non-hydrogen) atoms. The van der Waals surface area contributed by atoms with Gasteiger partial charge in [0.25, 0.3) is 0 Å². The Hall–Kier alpha value is -1.43. The number of benzene rings is 1. The molecular formula is C14H15F3O2S. The summed E-state index contributed by atoms with van der Waals surface area (Å²) in [6, 6.07) is 8.63. The van der Waals surface area contributed by atoms with Crippen LogP contribution in [0.3, 0.4) is 0 Å². The Kier molecular flexibility index (Phi) is 7.22. The molecule has 1 rings (SSSR count). The standard InChI is InChI=1S/C14H15F3O2S/c15-14(16,17)20-11-7-2-1-6-10-19-13(18)12-8-4-3-5-9-12/h2-5,7-9H,1,6,10-11H2/b7-2-. The van der Waals surface area contributed by atoms with Gasteiger partial charge in [-0.05, 0) is 36.7 Å². The van der Waals surface area contributed by atoms with Gasteiger partial charge in [-0.2, -0.15) is 13.2 Å². The number of carbonyl (C=O) groups excluding carboxylic acids is 1. The lowest BCUT2D eigenvalue weighted by Gasteiger charge is -2.03. The van der Waals surface area contributed by atoms with E-state index in [0.717, 1.165) is 0 Å². The Morgan fingerprint density at radius 3 is 2.55 bits per heavy atom. The molecule has 0 spiro atoms. The predicted octanol–water partition coefficient (Wildman–Crippen LogP) is 4.43. The van der Waals surface area contributed by atoms with Crippen LogP contribution < -0.4 is 0 Å². The van der Waals surface area contributed by atoms with Crippen molar-refractivity contribution < 1.29 is 22.7 Å².